The second kappa shape index (κ2) is 10.6. The van der Waals surface area contributed by atoms with Crippen molar-refractivity contribution < 1.29 is 14.6 Å². The second-order valence-electron chi connectivity index (χ2n) is 10.8. The number of nitrogens with two attached hydrogens (primary N) is 1. The fraction of sp³-hybridized carbons (Fsp3) is 0.407. The van der Waals surface area contributed by atoms with Crippen LogP contribution in [0.25, 0.3) is 11.4 Å². The molecule has 0 bridgehead atoms. The van der Waals surface area contributed by atoms with Gasteiger partial charge < -0.3 is 16.0 Å². The minimum absolute atomic E-state index is 0. The third-order valence-electron chi connectivity index (χ3n) is 6.40. The largest absolute Gasteiger partial charge is 0.384 e. The quantitative estimate of drug-likeness (QED) is 0.384. The average molecular weight is 540 g/mol. The van der Waals surface area contributed by atoms with E-state index >= 15 is 0 Å². The van der Waals surface area contributed by atoms with Gasteiger partial charge in [-0.3, -0.25) is 4.79 Å². The van der Waals surface area contributed by atoms with Crippen molar-refractivity contribution in [3.8, 4) is 11.4 Å². The minimum Gasteiger partial charge on any atom is -0.384 e. The number of hydrogen-bond acceptors (Lipinski definition) is 9. The number of carbonyl (C=O) groups excluding carboxylic acids is 1. The number of nitrogens with one attached hydrogen (secondary N) is 2. The van der Waals surface area contributed by atoms with Gasteiger partial charge in [0.15, 0.2) is 5.03 Å². The van der Waals surface area contributed by atoms with Crippen LogP contribution in [0.3, 0.4) is 0 Å². The first-order valence-corrected chi connectivity index (χ1v) is 14.1. The Hall–Kier alpha value is -3.73. The number of rotatable bonds is 8. The first-order valence-electron chi connectivity index (χ1n) is 12.7. The molecule has 1 saturated heterocycles. The Morgan fingerprint density at radius 2 is 1.82 bits per heavy atom. The molecule has 4 heterocycles. The minimum atomic E-state index is -4.25. The smallest absolute Gasteiger partial charge is 0.281 e. The van der Waals surface area contributed by atoms with E-state index in [1.807, 2.05) is 18.2 Å². The van der Waals surface area contributed by atoms with E-state index in [9.17, 15) is 13.2 Å². The van der Waals surface area contributed by atoms with Crippen LogP contribution in [0.15, 0.2) is 53.6 Å². The fourth-order valence-electron chi connectivity index (χ4n) is 4.73. The molecule has 204 valence electrons. The van der Waals surface area contributed by atoms with Gasteiger partial charge in [-0.05, 0) is 68.5 Å². The number of sulfonamides is 1. The third-order valence-corrected chi connectivity index (χ3v) is 7.63. The number of amides is 1. The molecule has 3 aromatic heterocycles. The van der Waals surface area contributed by atoms with Crippen molar-refractivity contribution in [1.29, 1.82) is 0 Å². The van der Waals surface area contributed by atoms with Crippen LogP contribution in [0.5, 0.6) is 0 Å². The summed E-state index contributed by atoms with van der Waals surface area (Å²) in [7, 11) is -4.25. The van der Waals surface area contributed by atoms with Gasteiger partial charge in [0.25, 0.3) is 15.9 Å². The van der Waals surface area contributed by atoms with Gasteiger partial charge in [0, 0.05) is 20.1 Å². The van der Waals surface area contributed by atoms with Gasteiger partial charge in [-0.25, -0.2) is 19.7 Å². The highest BCUT2D eigenvalue weighted by Gasteiger charge is 2.39. The third kappa shape index (κ3) is 6.04. The summed E-state index contributed by atoms with van der Waals surface area (Å²) >= 11 is 0. The van der Waals surface area contributed by atoms with Crippen LogP contribution >= 0.6 is 0 Å². The highest BCUT2D eigenvalue weighted by atomic mass is 32.2. The lowest BCUT2D eigenvalue weighted by molar-refractivity contribution is 0.0981. The summed E-state index contributed by atoms with van der Waals surface area (Å²) in [5.41, 5.74) is 6.74. The molecule has 4 rings (SSSR count). The van der Waals surface area contributed by atoms with Gasteiger partial charge >= 0.3 is 0 Å². The van der Waals surface area contributed by atoms with Crippen LogP contribution < -0.4 is 20.7 Å². The summed E-state index contributed by atoms with van der Waals surface area (Å²) in [6.07, 6.45) is 0.901. The first kappa shape index (κ1) is 27.3. The molecule has 1 aliphatic rings. The maximum absolute atomic E-state index is 13.4. The number of nitrogens with zero attached hydrogens (tertiary/aromatic N) is 4. The number of hydrogen-bond donors (Lipinski definition) is 3. The first-order chi connectivity index (χ1) is 17.9. The van der Waals surface area contributed by atoms with E-state index in [0.29, 0.717) is 35.6 Å². The summed E-state index contributed by atoms with van der Waals surface area (Å²) in [6.45, 7) is 12.0. The maximum Gasteiger partial charge on any atom is 0.281 e. The SMILES string of the molecule is CC(C)CNc1cccc(-c2ccc(C(=O)NS(=O)(=O)c3cccc(N)n3)c(N3CC(C)CC3(C)C)n2)n1.[HH]. The van der Waals surface area contributed by atoms with Crippen LogP contribution in [-0.2, 0) is 10.0 Å². The zero-order valence-corrected chi connectivity index (χ0v) is 23.2. The van der Waals surface area contributed by atoms with E-state index in [-0.39, 0.29) is 23.4 Å². The molecule has 0 radical (unpaired) electrons. The molecule has 1 unspecified atom stereocenters. The van der Waals surface area contributed by atoms with Crippen molar-refractivity contribution >= 4 is 33.4 Å². The zero-order valence-electron chi connectivity index (χ0n) is 22.4. The molecule has 0 aliphatic carbocycles. The van der Waals surface area contributed by atoms with Crippen LogP contribution in [0, 0.1) is 11.8 Å². The van der Waals surface area contributed by atoms with E-state index in [1.165, 1.54) is 18.2 Å². The predicted molar refractivity (Wildman–Crippen MR) is 151 cm³/mol. The van der Waals surface area contributed by atoms with E-state index in [4.69, 9.17) is 15.7 Å². The Labute approximate surface area is 225 Å². The molecular formula is C27H37N7O3S. The number of pyridine rings is 3. The molecule has 0 spiro atoms. The van der Waals surface area contributed by atoms with Crippen molar-refractivity contribution in [1.82, 2.24) is 19.7 Å². The Morgan fingerprint density at radius 1 is 1.11 bits per heavy atom. The van der Waals surface area contributed by atoms with Gasteiger partial charge in [0.2, 0.25) is 0 Å². The normalized spacial score (nSPS) is 17.0. The molecule has 0 saturated carbocycles. The molecule has 1 atom stereocenters. The average Bonchev–Trinajstić information content (AvgIpc) is 3.13. The van der Waals surface area contributed by atoms with Crippen molar-refractivity contribution in [2.24, 2.45) is 11.8 Å². The maximum atomic E-state index is 13.4. The molecule has 3 aromatic rings. The van der Waals surface area contributed by atoms with Crippen molar-refractivity contribution in [3.05, 3.63) is 54.1 Å². The summed E-state index contributed by atoms with van der Waals surface area (Å²) in [5, 5.41) is 2.99. The molecule has 1 aliphatic heterocycles. The number of nitrogen functional groups attached to an aromatic ring is 1. The van der Waals surface area contributed by atoms with Gasteiger partial charge in [0.1, 0.15) is 17.5 Å². The molecule has 1 amide bonds. The Balaban J connectivity index is 0.00000420. The van der Waals surface area contributed by atoms with Gasteiger partial charge in [-0.15, -0.1) is 0 Å². The monoisotopic (exact) mass is 539 g/mol. The topological polar surface area (TPSA) is 143 Å². The van der Waals surface area contributed by atoms with E-state index in [0.717, 1.165) is 18.8 Å². The highest BCUT2D eigenvalue weighted by Crippen LogP contribution is 2.38. The van der Waals surface area contributed by atoms with Crippen molar-refractivity contribution in [2.45, 2.75) is 51.6 Å². The second-order valence-corrected chi connectivity index (χ2v) is 12.4. The molecular weight excluding hydrogens is 502 g/mol. The van der Waals surface area contributed by atoms with Gasteiger partial charge in [-0.1, -0.05) is 32.9 Å². The van der Waals surface area contributed by atoms with Crippen molar-refractivity contribution in [3.63, 3.8) is 0 Å². The van der Waals surface area contributed by atoms with E-state index < -0.39 is 15.9 Å². The van der Waals surface area contributed by atoms with Gasteiger partial charge in [-0.2, -0.15) is 8.42 Å². The lowest BCUT2D eigenvalue weighted by Crippen LogP contribution is -2.41. The molecule has 4 N–H and O–H groups in total. The number of carbonyl (C=O) groups is 1. The molecule has 0 aromatic carbocycles. The van der Waals surface area contributed by atoms with Crippen LogP contribution in [-0.4, -0.2) is 47.9 Å². The Bertz CT molecular complexity index is 1450. The lowest BCUT2D eigenvalue weighted by atomic mass is 9.97. The summed E-state index contributed by atoms with van der Waals surface area (Å²) in [4.78, 5) is 28.9. The van der Waals surface area contributed by atoms with Crippen LogP contribution in [0.2, 0.25) is 0 Å². The standard InChI is InChI=1S/C27H35N7O3S.H2/c1-17(2)15-29-23-10-6-8-20(30-23)21-13-12-19(25(31-21)34-16-18(3)14-27(34,4)5)26(35)33-38(36,37)24-11-7-9-22(28)32-24;/h6-13,17-18H,14-16H2,1-5H3,(H2,28,32)(H,29,30)(H,33,35);1H. The Kier molecular flexibility index (Phi) is 7.59. The molecule has 10 nitrogen and oxygen atoms in total. The van der Waals surface area contributed by atoms with Crippen LogP contribution in [0.4, 0.5) is 17.5 Å². The molecule has 11 heteroatoms. The lowest BCUT2D eigenvalue weighted by Gasteiger charge is -2.34. The molecule has 1 fully saturated rings. The summed E-state index contributed by atoms with van der Waals surface area (Å²) in [5.74, 6) is 1.22. The van der Waals surface area contributed by atoms with Crippen LogP contribution in [0.1, 0.15) is 52.8 Å². The zero-order chi connectivity index (χ0) is 27.7. The van der Waals surface area contributed by atoms with E-state index in [1.54, 1.807) is 12.1 Å². The Morgan fingerprint density at radius 3 is 2.47 bits per heavy atom. The number of aromatic nitrogens is 3. The fourth-order valence-corrected chi connectivity index (χ4v) is 5.67. The highest BCUT2D eigenvalue weighted by molar-refractivity contribution is 7.90. The number of anilines is 3. The summed E-state index contributed by atoms with van der Waals surface area (Å²) < 4.78 is 28.0. The van der Waals surface area contributed by atoms with Gasteiger partial charge in [0.05, 0.1) is 17.0 Å². The summed E-state index contributed by atoms with van der Waals surface area (Å²) in [6, 6.07) is 13.2. The predicted octanol–water partition coefficient (Wildman–Crippen LogP) is 4.18. The van der Waals surface area contributed by atoms with E-state index in [2.05, 4.69) is 54.5 Å². The molecule has 38 heavy (non-hydrogen) atoms. The van der Waals surface area contributed by atoms with Crippen molar-refractivity contribution in [2.75, 3.05) is 29.0 Å².